The number of methoxy groups -OCH3 is 2. The second-order valence-corrected chi connectivity index (χ2v) is 10.8. The third kappa shape index (κ3) is 6.82. The van der Waals surface area contributed by atoms with Gasteiger partial charge >= 0.3 is 0 Å². The van der Waals surface area contributed by atoms with E-state index in [1.54, 1.807) is 4.90 Å². The Bertz CT molecular complexity index is 1570. The van der Waals surface area contributed by atoms with E-state index in [1.807, 2.05) is 60.7 Å². The lowest BCUT2D eigenvalue weighted by atomic mass is 10.1. The molecule has 11 heteroatoms. The molecule has 0 saturated heterocycles. The standard InChI is InChI=1S/C30H29N3O7S/c1-39-25-17-18-26(28(19-25)40-2)32(41(37,38)29-16-10-9-15-27(29)33(35)36)22-30(34)31(20-23-11-5-3-6-12-23)21-24-13-7-4-8-14-24/h3-19H,20-22H2,1-2H3. The van der Waals surface area contributed by atoms with Crippen LogP contribution in [-0.4, -0.2) is 44.9 Å². The summed E-state index contributed by atoms with van der Waals surface area (Å²) in [5.41, 5.74) is 1.13. The number of benzene rings is 4. The highest BCUT2D eigenvalue weighted by Gasteiger charge is 2.35. The van der Waals surface area contributed by atoms with Gasteiger partial charge in [0.2, 0.25) is 5.91 Å². The monoisotopic (exact) mass is 575 g/mol. The van der Waals surface area contributed by atoms with Gasteiger partial charge in [-0.3, -0.25) is 19.2 Å². The van der Waals surface area contributed by atoms with Crippen LogP contribution in [0.5, 0.6) is 11.5 Å². The van der Waals surface area contributed by atoms with Crippen molar-refractivity contribution in [1.82, 2.24) is 4.90 Å². The molecule has 0 aromatic heterocycles. The van der Waals surface area contributed by atoms with Crippen LogP contribution in [-0.2, 0) is 27.9 Å². The van der Waals surface area contributed by atoms with E-state index in [2.05, 4.69) is 0 Å². The van der Waals surface area contributed by atoms with Crippen LogP contribution in [0, 0.1) is 10.1 Å². The lowest BCUT2D eigenvalue weighted by Crippen LogP contribution is -2.43. The number of sulfonamides is 1. The maximum atomic E-state index is 14.1. The third-order valence-electron chi connectivity index (χ3n) is 6.35. The fourth-order valence-electron chi connectivity index (χ4n) is 4.30. The molecule has 0 unspecified atom stereocenters. The van der Waals surface area contributed by atoms with Crippen molar-refractivity contribution in [2.24, 2.45) is 0 Å². The molecule has 0 fully saturated rings. The van der Waals surface area contributed by atoms with Crippen LogP contribution in [0.15, 0.2) is 108 Å². The van der Waals surface area contributed by atoms with Crippen LogP contribution >= 0.6 is 0 Å². The highest BCUT2D eigenvalue weighted by Crippen LogP contribution is 2.37. The Morgan fingerprint density at radius 2 is 1.37 bits per heavy atom. The Morgan fingerprint density at radius 1 is 0.805 bits per heavy atom. The van der Waals surface area contributed by atoms with Gasteiger partial charge in [0.15, 0.2) is 4.90 Å². The van der Waals surface area contributed by atoms with Crippen LogP contribution in [0.4, 0.5) is 11.4 Å². The Kier molecular flexibility index (Phi) is 9.20. The number of rotatable bonds is 12. The zero-order valence-electron chi connectivity index (χ0n) is 22.5. The maximum absolute atomic E-state index is 14.1. The van der Waals surface area contributed by atoms with Gasteiger partial charge in [0.05, 0.1) is 24.8 Å². The highest BCUT2D eigenvalue weighted by atomic mass is 32.2. The van der Waals surface area contributed by atoms with E-state index in [9.17, 15) is 23.3 Å². The second kappa shape index (κ2) is 13.0. The average Bonchev–Trinajstić information content (AvgIpc) is 3.00. The van der Waals surface area contributed by atoms with Crippen LogP contribution in [0.2, 0.25) is 0 Å². The van der Waals surface area contributed by atoms with Crippen molar-refractivity contribution in [2.45, 2.75) is 18.0 Å². The summed E-state index contributed by atoms with van der Waals surface area (Å²) in [6.07, 6.45) is 0. The van der Waals surface area contributed by atoms with E-state index in [0.29, 0.717) is 5.75 Å². The normalized spacial score (nSPS) is 11.0. The van der Waals surface area contributed by atoms with Gasteiger partial charge in [-0.1, -0.05) is 72.8 Å². The van der Waals surface area contributed by atoms with Gasteiger partial charge in [-0.25, -0.2) is 8.42 Å². The lowest BCUT2D eigenvalue weighted by molar-refractivity contribution is -0.387. The summed E-state index contributed by atoms with van der Waals surface area (Å²) < 4.78 is 39.8. The van der Waals surface area contributed by atoms with Gasteiger partial charge in [-0.2, -0.15) is 0 Å². The largest absolute Gasteiger partial charge is 0.497 e. The van der Waals surface area contributed by atoms with Gasteiger partial charge < -0.3 is 14.4 Å². The predicted octanol–water partition coefficient (Wildman–Crippen LogP) is 5.04. The molecule has 0 bridgehead atoms. The second-order valence-electron chi connectivity index (χ2n) is 9.00. The van der Waals surface area contributed by atoms with E-state index in [1.165, 1.54) is 44.6 Å². The average molecular weight is 576 g/mol. The molecule has 4 aromatic rings. The van der Waals surface area contributed by atoms with E-state index in [4.69, 9.17) is 9.47 Å². The Hall–Kier alpha value is -4.90. The Morgan fingerprint density at radius 3 is 1.90 bits per heavy atom. The maximum Gasteiger partial charge on any atom is 0.289 e. The number of para-hydroxylation sites is 1. The highest BCUT2D eigenvalue weighted by molar-refractivity contribution is 7.93. The van der Waals surface area contributed by atoms with Gasteiger partial charge in [-0.15, -0.1) is 0 Å². The molecule has 4 rings (SSSR count). The van der Waals surface area contributed by atoms with E-state index >= 15 is 0 Å². The van der Waals surface area contributed by atoms with Crippen molar-refractivity contribution in [1.29, 1.82) is 0 Å². The van der Waals surface area contributed by atoms with Crippen molar-refractivity contribution in [3.8, 4) is 11.5 Å². The summed E-state index contributed by atoms with van der Waals surface area (Å²) in [6, 6.07) is 28.1. The van der Waals surface area contributed by atoms with Crippen molar-refractivity contribution in [3.63, 3.8) is 0 Å². The SMILES string of the molecule is COc1ccc(N(CC(=O)N(Cc2ccccc2)Cc2ccccc2)S(=O)(=O)c2ccccc2[N+](=O)[O-])c(OC)c1. The van der Waals surface area contributed by atoms with E-state index in [0.717, 1.165) is 27.6 Å². The van der Waals surface area contributed by atoms with Crippen LogP contribution in [0.3, 0.4) is 0 Å². The summed E-state index contributed by atoms with van der Waals surface area (Å²) in [6.45, 7) is -0.210. The molecular formula is C30H29N3O7S. The Balaban J connectivity index is 1.81. The molecule has 0 radical (unpaired) electrons. The van der Waals surface area contributed by atoms with Crippen molar-refractivity contribution in [3.05, 3.63) is 124 Å². The number of carbonyl (C=O) groups is 1. The number of nitrogens with zero attached hydrogens (tertiary/aromatic N) is 3. The molecule has 0 saturated carbocycles. The van der Waals surface area contributed by atoms with Gasteiger partial charge in [-0.05, 0) is 29.3 Å². The zero-order chi connectivity index (χ0) is 29.4. The minimum absolute atomic E-state index is 0.0270. The summed E-state index contributed by atoms with van der Waals surface area (Å²) >= 11 is 0. The molecule has 212 valence electrons. The lowest BCUT2D eigenvalue weighted by Gasteiger charge is -2.29. The van der Waals surface area contributed by atoms with Crippen molar-refractivity contribution >= 4 is 27.3 Å². The van der Waals surface area contributed by atoms with Gasteiger partial charge in [0.1, 0.15) is 18.0 Å². The molecular weight excluding hydrogens is 546 g/mol. The molecule has 10 nitrogen and oxygen atoms in total. The number of nitro benzene ring substituents is 1. The van der Waals surface area contributed by atoms with Gasteiger partial charge in [0, 0.05) is 25.2 Å². The summed E-state index contributed by atoms with van der Waals surface area (Å²) in [7, 11) is -1.83. The first-order valence-electron chi connectivity index (χ1n) is 12.6. The van der Waals surface area contributed by atoms with Crippen LogP contribution in [0.1, 0.15) is 11.1 Å². The summed E-state index contributed by atoms with van der Waals surface area (Å²) in [5, 5.41) is 11.8. The van der Waals surface area contributed by atoms with Crippen molar-refractivity contribution < 1.29 is 27.6 Å². The first-order valence-corrected chi connectivity index (χ1v) is 14.0. The first-order chi connectivity index (χ1) is 19.7. The fourth-order valence-corrected chi connectivity index (χ4v) is 5.88. The number of anilines is 1. The van der Waals surface area contributed by atoms with Gasteiger partial charge in [0.25, 0.3) is 15.7 Å². The topological polar surface area (TPSA) is 119 Å². The minimum atomic E-state index is -4.63. The van der Waals surface area contributed by atoms with Crippen molar-refractivity contribution in [2.75, 3.05) is 25.1 Å². The molecule has 0 heterocycles. The van der Waals surface area contributed by atoms with E-state index in [-0.39, 0.29) is 24.5 Å². The number of hydrogen-bond acceptors (Lipinski definition) is 7. The summed E-state index contributed by atoms with van der Waals surface area (Å²) in [4.78, 5) is 26.0. The first kappa shape index (κ1) is 29.1. The summed E-state index contributed by atoms with van der Waals surface area (Å²) in [5.74, 6) is -0.00976. The molecule has 0 aliphatic heterocycles. The molecule has 0 atom stereocenters. The molecule has 0 aliphatic carbocycles. The smallest absolute Gasteiger partial charge is 0.289 e. The third-order valence-corrected chi connectivity index (χ3v) is 8.16. The quantitative estimate of drug-likeness (QED) is 0.172. The van der Waals surface area contributed by atoms with Crippen LogP contribution in [0.25, 0.3) is 0 Å². The minimum Gasteiger partial charge on any atom is -0.497 e. The molecule has 41 heavy (non-hydrogen) atoms. The van der Waals surface area contributed by atoms with Crippen LogP contribution < -0.4 is 13.8 Å². The fraction of sp³-hybridized carbons (Fsp3) is 0.167. The predicted molar refractivity (Wildman–Crippen MR) is 154 cm³/mol. The molecule has 0 spiro atoms. The number of nitro groups is 1. The molecule has 0 N–H and O–H groups in total. The zero-order valence-corrected chi connectivity index (χ0v) is 23.4. The number of hydrogen-bond donors (Lipinski definition) is 0. The molecule has 1 amide bonds. The van der Waals surface area contributed by atoms with E-state index < -0.39 is 38.0 Å². The number of ether oxygens (including phenoxy) is 2. The number of carbonyl (C=O) groups excluding carboxylic acids is 1. The molecule has 4 aromatic carbocycles. The number of amides is 1. The Labute approximate surface area is 238 Å². The molecule has 0 aliphatic rings.